The van der Waals surface area contributed by atoms with Crippen LogP contribution in [0, 0.1) is 6.92 Å². The monoisotopic (exact) mass is 469 g/mol. The minimum atomic E-state index is -4.50. The van der Waals surface area contributed by atoms with E-state index in [-0.39, 0.29) is 5.57 Å². The summed E-state index contributed by atoms with van der Waals surface area (Å²) in [5.41, 5.74) is 1.67. The van der Waals surface area contributed by atoms with Crippen LogP contribution in [0.2, 0.25) is 0 Å². The predicted molar refractivity (Wildman–Crippen MR) is 124 cm³/mol. The van der Waals surface area contributed by atoms with Gasteiger partial charge >= 0.3 is 6.18 Å². The highest BCUT2D eigenvalue weighted by Gasteiger charge is 2.39. The largest absolute Gasteiger partial charge is 0.495 e. The van der Waals surface area contributed by atoms with Gasteiger partial charge in [-0.3, -0.25) is 0 Å². The van der Waals surface area contributed by atoms with Crippen LogP contribution >= 0.6 is 0 Å². The molecule has 0 saturated carbocycles. The maximum atomic E-state index is 13.7. The zero-order valence-electron chi connectivity index (χ0n) is 19.3. The summed E-state index contributed by atoms with van der Waals surface area (Å²) >= 11 is 0. The lowest BCUT2D eigenvalue weighted by Crippen LogP contribution is -2.23. The Morgan fingerprint density at radius 3 is 2.74 bits per heavy atom. The summed E-state index contributed by atoms with van der Waals surface area (Å²) in [7, 11) is 1.58. The van der Waals surface area contributed by atoms with E-state index >= 15 is 0 Å². The molecule has 4 rings (SSSR count). The lowest BCUT2D eigenvalue weighted by Gasteiger charge is -2.26. The SMILES string of the molecule is C=C(C(=CC=CC)C(F)(F)F)C1CCCn2nc(-c3ccc(-n4cnc(C)c4)c(OC)c3)nc21. The van der Waals surface area contributed by atoms with Crippen molar-refractivity contribution in [2.75, 3.05) is 7.11 Å². The number of aromatic nitrogens is 5. The van der Waals surface area contributed by atoms with Gasteiger partial charge in [0.15, 0.2) is 5.82 Å². The van der Waals surface area contributed by atoms with E-state index in [9.17, 15) is 13.2 Å². The molecule has 3 heterocycles. The fraction of sp³-hybridized carbons (Fsp3) is 0.320. The lowest BCUT2D eigenvalue weighted by molar-refractivity contribution is -0.0898. The third-order valence-corrected chi connectivity index (χ3v) is 5.83. The molecule has 0 saturated heterocycles. The van der Waals surface area contributed by atoms with E-state index < -0.39 is 17.7 Å². The quantitative estimate of drug-likeness (QED) is 0.419. The van der Waals surface area contributed by atoms with E-state index in [2.05, 4.69) is 21.6 Å². The Kier molecular flexibility index (Phi) is 6.45. The summed E-state index contributed by atoms with van der Waals surface area (Å²) in [5, 5.41) is 4.59. The average molecular weight is 470 g/mol. The molecule has 0 spiro atoms. The molecular weight excluding hydrogens is 443 g/mol. The third-order valence-electron chi connectivity index (χ3n) is 5.83. The molecule has 1 aliphatic rings. The minimum absolute atomic E-state index is 0.00825. The Bertz CT molecular complexity index is 1270. The summed E-state index contributed by atoms with van der Waals surface area (Å²) in [6.07, 6.45) is 4.32. The normalized spacial score (nSPS) is 16.6. The highest BCUT2D eigenvalue weighted by atomic mass is 19.4. The molecule has 34 heavy (non-hydrogen) atoms. The van der Waals surface area contributed by atoms with Gasteiger partial charge in [0.2, 0.25) is 0 Å². The molecule has 0 fully saturated rings. The lowest BCUT2D eigenvalue weighted by atomic mass is 9.87. The summed E-state index contributed by atoms with van der Waals surface area (Å²) in [4.78, 5) is 8.90. The summed E-state index contributed by atoms with van der Waals surface area (Å²) in [5.74, 6) is 0.975. The predicted octanol–water partition coefficient (Wildman–Crippen LogP) is 5.95. The van der Waals surface area contributed by atoms with Crippen LogP contribution < -0.4 is 4.74 Å². The maximum absolute atomic E-state index is 13.7. The first-order valence-corrected chi connectivity index (χ1v) is 11.0. The number of hydrogen-bond donors (Lipinski definition) is 0. The standard InChI is InChI=1S/C25H26F3N5O/c1-5-6-9-20(25(26,27)28)17(3)19-8-7-12-33-24(19)30-23(31-33)18-10-11-21(22(13-18)34-4)32-14-16(2)29-15-32/h5-6,9-11,13-15,19H,3,7-8,12H2,1-2,4H3. The van der Waals surface area contributed by atoms with Crippen molar-refractivity contribution in [2.24, 2.45) is 0 Å². The van der Waals surface area contributed by atoms with Gasteiger partial charge in [-0.2, -0.15) is 18.3 Å². The van der Waals surface area contributed by atoms with Gasteiger partial charge in [0.05, 0.1) is 30.4 Å². The molecule has 1 aromatic carbocycles. The Balaban J connectivity index is 1.70. The number of aryl methyl sites for hydroxylation is 2. The van der Waals surface area contributed by atoms with Crippen molar-refractivity contribution in [3.8, 4) is 22.8 Å². The number of fused-ring (bicyclic) bond motifs is 1. The molecule has 0 radical (unpaired) electrons. The first kappa shape index (κ1) is 23.5. The summed E-state index contributed by atoms with van der Waals surface area (Å²) in [6.45, 7) is 7.99. The number of rotatable bonds is 6. The van der Waals surface area contributed by atoms with Crippen molar-refractivity contribution in [1.29, 1.82) is 0 Å². The summed E-state index contributed by atoms with van der Waals surface area (Å²) < 4.78 is 50.3. The number of imidazole rings is 1. The highest BCUT2D eigenvalue weighted by molar-refractivity contribution is 5.63. The number of allylic oxidation sites excluding steroid dienone is 5. The second-order valence-corrected chi connectivity index (χ2v) is 8.15. The number of benzene rings is 1. The Labute approximate surface area is 196 Å². The number of nitrogens with zero attached hydrogens (tertiary/aromatic N) is 5. The molecule has 1 unspecified atom stereocenters. The van der Waals surface area contributed by atoms with Crippen LogP contribution in [0.1, 0.15) is 37.2 Å². The van der Waals surface area contributed by atoms with E-state index in [1.807, 2.05) is 35.9 Å². The summed E-state index contributed by atoms with van der Waals surface area (Å²) in [6, 6.07) is 5.57. The number of hydrogen-bond acceptors (Lipinski definition) is 4. The second kappa shape index (κ2) is 9.32. The van der Waals surface area contributed by atoms with E-state index in [1.165, 1.54) is 6.08 Å². The van der Waals surface area contributed by atoms with Gasteiger partial charge < -0.3 is 9.30 Å². The molecule has 178 valence electrons. The molecule has 1 atom stereocenters. The fourth-order valence-electron chi connectivity index (χ4n) is 4.15. The van der Waals surface area contributed by atoms with Crippen LogP contribution in [0.3, 0.4) is 0 Å². The topological polar surface area (TPSA) is 57.8 Å². The van der Waals surface area contributed by atoms with Gasteiger partial charge in [-0.1, -0.05) is 24.8 Å². The van der Waals surface area contributed by atoms with Crippen molar-refractivity contribution in [1.82, 2.24) is 24.3 Å². The van der Waals surface area contributed by atoms with Crippen molar-refractivity contribution in [3.63, 3.8) is 0 Å². The van der Waals surface area contributed by atoms with Gasteiger partial charge in [-0.05, 0) is 50.5 Å². The molecule has 6 nitrogen and oxygen atoms in total. The molecule has 0 N–H and O–H groups in total. The number of alkyl halides is 3. The minimum Gasteiger partial charge on any atom is -0.495 e. The van der Waals surface area contributed by atoms with Crippen molar-refractivity contribution in [2.45, 2.75) is 45.3 Å². The van der Waals surface area contributed by atoms with Crippen LogP contribution in [0.5, 0.6) is 5.75 Å². The Hall–Kier alpha value is -3.62. The van der Waals surface area contributed by atoms with Crippen LogP contribution in [-0.2, 0) is 6.54 Å². The van der Waals surface area contributed by atoms with E-state index in [0.29, 0.717) is 42.3 Å². The average Bonchev–Trinajstić information content (AvgIpc) is 3.44. The van der Waals surface area contributed by atoms with E-state index in [1.54, 1.807) is 31.1 Å². The highest BCUT2D eigenvalue weighted by Crippen LogP contribution is 2.41. The number of methoxy groups -OCH3 is 1. The Morgan fingerprint density at radius 1 is 1.29 bits per heavy atom. The molecule has 0 aliphatic carbocycles. The van der Waals surface area contributed by atoms with Gasteiger partial charge in [-0.15, -0.1) is 0 Å². The van der Waals surface area contributed by atoms with Gasteiger partial charge in [0, 0.05) is 24.2 Å². The van der Waals surface area contributed by atoms with Crippen molar-refractivity contribution in [3.05, 3.63) is 78.2 Å². The molecule has 1 aliphatic heterocycles. The first-order chi connectivity index (χ1) is 16.2. The zero-order chi connectivity index (χ0) is 24.5. The van der Waals surface area contributed by atoms with Crippen molar-refractivity contribution >= 4 is 0 Å². The van der Waals surface area contributed by atoms with E-state index in [4.69, 9.17) is 4.74 Å². The molecule has 2 aromatic heterocycles. The molecule has 0 amide bonds. The molecule has 9 heteroatoms. The van der Waals surface area contributed by atoms with E-state index in [0.717, 1.165) is 17.5 Å². The van der Waals surface area contributed by atoms with Gasteiger partial charge in [-0.25, -0.2) is 14.6 Å². The number of ether oxygens (including phenoxy) is 1. The van der Waals surface area contributed by atoms with Crippen LogP contribution in [0.15, 0.2) is 66.7 Å². The molecule has 3 aromatic rings. The third kappa shape index (κ3) is 4.55. The Morgan fingerprint density at radius 2 is 2.09 bits per heavy atom. The first-order valence-electron chi connectivity index (χ1n) is 11.0. The molecular formula is C25H26F3N5O. The van der Waals surface area contributed by atoms with Gasteiger partial charge in [0.25, 0.3) is 0 Å². The fourth-order valence-corrected chi connectivity index (χ4v) is 4.15. The maximum Gasteiger partial charge on any atom is 0.416 e. The molecule has 0 bridgehead atoms. The smallest absolute Gasteiger partial charge is 0.416 e. The van der Waals surface area contributed by atoms with Crippen LogP contribution in [0.4, 0.5) is 13.2 Å². The van der Waals surface area contributed by atoms with Gasteiger partial charge in [0.1, 0.15) is 11.6 Å². The van der Waals surface area contributed by atoms with Crippen LogP contribution in [0.25, 0.3) is 17.1 Å². The second-order valence-electron chi connectivity index (χ2n) is 8.15. The number of halogens is 3. The zero-order valence-corrected chi connectivity index (χ0v) is 19.3. The van der Waals surface area contributed by atoms with Crippen molar-refractivity contribution < 1.29 is 17.9 Å². The van der Waals surface area contributed by atoms with Crippen LogP contribution in [-0.4, -0.2) is 37.6 Å².